The van der Waals surface area contributed by atoms with E-state index in [0.717, 1.165) is 11.1 Å². The summed E-state index contributed by atoms with van der Waals surface area (Å²) in [6.45, 7) is 8.25. The van der Waals surface area contributed by atoms with E-state index >= 15 is 0 Å². The van der Waals surface area contributed by atoms with E-state index in [1.54, 1.807) is 4.90 Å². The number of carbonyl (C=O) groups excluding carboxylic acids is 4. The molecule has 12 heteroatoms. The Morgan fingerprint density at radius 3 is 2.23 bits per heavy atom. The molecule has 5 N–H and O–H groups in total. The van der Waals surface area contributed by atoms with E-state index in [2.05, 4.69) is 10.6 Å². The second kappa shape index (κ2) is 16.7. The third-order valence-corrected chi connectivity index (χ3v) is 8.07. The van der Waals surface area contributed by atoms with Gasteiger partial charge in [-0.3, -0.25) is 10.2 Å². The lowest BCUT2D eigenvalue weighted by atomic mass is 9.97. The molecule has 2 atom stereocenters. The zero-order chi connectivity index (χ0) is 34.7. The number of ether oxygens (including phenoxy) is 1. The molecule has 0 spiro atoms. The topological polar surface area (TPSA) is 161 Å². The number of piperidine rings is 1. The van der Waals surface area contributed by atoms with Gasteiger partial charge in [-0.2, -0.15) is 0 Å². The van der Waals surface area contributed by atoms with Crippen molar-refractivity contribution in [3.05, 3.63) is 83.1 Å². The van der Waals surface area contributed by atoms with Gasteiger partial charge in [-0.15, -0.1) is 0 Å². The molecule has 0 unspecified atom stereocenters. The Morgan fingerprint density at radius 1 is 1.04 bits per heavy atom. The molecule has 0 bridgehead atoms. The third-order valence-electron chi connectivity index (χ3n) is 8.07. The maximum Gasteiger partial charge on any atom is 0.410 e. The molecule has 1 saturated heterocycles. The van der Waals surface area contributed by atoms with Crippen LogP contribution in [0.3, 0.4) is 0 Å². The predicted octanol–water partition coefficient (Wildman–Crippen LogP) is 4.04. The summed E-state index contributed by atoms with van der Waals surface area (Å²) >= 11 is 0. The largest absolute Gasteiger partial charge is 0.445 e. The number of amidine groups is 1. The summed E-state index contributed by atoms with van der Waals surface area (Å²) in [5.74, 6) is -0.823. The van der Waals surface area contributed by atoms with Crippen LogP contribution in [0.5, 0.6) is 0 Å². The van der Waals surface area contributed by atoms with Gasteiger partial charge in [-0.25, -0.2) is 9.59 Å². The number of likely N-dealkylation sites (tertiary alicyclic amines) is 1. The number of likely N-dealkylation sites (N-methyl/N-ethyl adjacent to an activating group) is 1. The fourth-order valence-electron chi connectivity index (χ4n) is 5.48. The Hall–Kier alpha value is -4.71. The maximum absolute atomic E-state index is 13.6. The molecule has 0 aliphatic carbocycles. The quantitative estimate of drug-likeness (QED) is 0.248. The lowest BCUT2D eigenvalue weighted by Crippen LogP contribution is -2.52. The van der Waals surface area contributed by atoms with Gasteiger partial charge in [-0.1, -0.05) is 60.7 Å². The van der Waals surface area contributed by atoms with Gasteiger partial charge in [0, 0.05) is 30.9 Å². The summed E-state index contributed by atoms with van der Waals surface area (Å²) in [5.41, 5.74) is 8.23. The highest BCUT2D eigenvalue weighted by Gasteiger charge is 2.43. The summed E-state index contributed by atoms with van der Waals surface area (Å²) in [6, 6.07) is 18.6. The van der Waals surface area contributed by atoms with Crippen molar-refractivity contribution in [3.8, 4) is 0 Å². The van der Waals surface area contributed by atoms with Gasteiger partial charge in [0.1, 0.15) is 18.2 Å². The molecule has 2 aliphatic heterocycles. The van der Waals surface area contributed by atoms with E-state index in [9.17, 15) is 19.2 Å². The number of rotatable bonds is 8. The van der Waals surface area contributed by atoms with Gasteiger partial charge in [0.05, 0.1) is 24.0 Å². The van der Waals surface area contributed by atoms with Crippen molar-refractivity contribution in [1.29, 1.82) is 5.41 Å². The smallest absolute Gasteiger partial charge is 0.410 e. The van der Waals surface area contributed by atoms with Crippen LogP contribution in [0.1, 0.15) is 57.7 Å². The number of hydrogen-bond donors (Lipinski definition) is 4. The van der Waals surface area contributed by atoms with Gasteiger partial charge < -0.3 is 40.6 Å². The second-order valence-corrected chi connectivity index (χ2v) is 12.8. The molecule has 2 aromatic carbocycles. The molecular formula is C35H49N7O5. The molecule has 2 aromatic rings. The molecule has 4 amide bonds. The van der Waals surface area contributed by atoms with Gasteiger partial charge in [-0.05, 0) is 65.8 Å². The average Bonchev–Trinajstić information content (AvgIpc) is 3.28. The van der Waals surface area contributed by atoms with Crippen LogP contribution in [-0.4, -0.2) is 90.2 Å². The third kappa shape index (κ3) is 10.4. The highest BCUT2D eigenvalue weighted by molar-refractivity contribution is 6.08. The van der Waals surface area contributed by atoms with E-state index in [0.29, 0.717) is 37.2 Å². The van der Waals surface area contributed by atoms with Gasteiger partial charge in [0.25, 0.3) is 0 Å². The SMILES string of the molecule is CC(C)=O.CN(C)C[C@@H](NC(=O)N1CC(C(=N)NC(=O)[C@@H]2CCCN(C(=O)OCc3ccccc3)C2)=C(N)C1(C)C)c1ccccc1. The van der Waals surface area contributed by atoms with E-state index < -0.39 is 17.6 Å². The minimum atomic E-state index is -0.875. The summed E-state index contributed by atoms with van der Waals surface area (Å²) in [4.78, 5) is 54.0. The number of nitrogens with zero attached hydrogens (tertiary/aromatic N) is 3. The highest BCUT2D eigenvalue weighted by Crippen LogP contribution is 2.32. The van der Waals surface area contributed by atoms with E-state index in [4.69, 9.17) is 15.9 Å². The molecule has 254 valence electrons. The molecule has 2 aliphatic rings. The lowest BCUT2D eigenvalue weighted by Gasteiger charge is -2.35. The van der Waals surface area contributed by atoms with Crippen molar-refractivity contribution in [2.45, 2.75) is 58.7 Å². The highest BCUT2D eigenvalue weighted by atomic mass is 16.6. The number of hydrogen-bond acceptors (Lipinski definition) is 8. The molecule has 0 aromatic heterocycles. The molecule has 4 rings (SSSR count). The Labute approximate surface area is 277 Å². The first-order chi connectivity index (χ1) is 22.2. The number of Topliss-reactive ketones (excluding diaryl/α,β-unsaturated/α-hetero) is 1. The van der Waals surface area contributed by atoms with Crippen LogP contribution in [0.15, 0.2) is 71.9 Å². The minimum Gasteiger partial charge on any atom is -0.445 e. The van der Waals surface area contributed by atoms with Crippen LogP contribution in [0.2, 0.25) is 0 Å². The Kier molecular flexibility index (Phi) is 13.1. The van der Waals surface area contributed by atoms with E-state index in [1.807, 2.05) is 93.5 Å². The summed E-state index contributed by atoms with van der Waals surface area (Å²) in [5, 5.41) is 14.5. The Morgan fingerprint density at radius 2 is 1.64 bits per heavy atom. The molecule has 2 heterocycles. The first-order valence-electron chi connectivity index (χ1n) is 15.8. The van der Waals surface area contributed by atoms with Crippen molar-refractivity contribution < 1.29 is 23.9 Å². The summed E-state index contributed by atoms with van der Waals surface area (Å²) < 4.78 is 5.45. The Balaban J connectivity index is 0.00000142. The van der Waals surface area contributed by atoms with E-state index in [1.165, 1.54) is 18.7 Å². The zero-order valence-corrected chi connectivity index (χ0v) is 28.3. The monoisotopic (exact) mass is 647 g/mol. The van der Waals surface area contributed by atoms with Gasteiger partial charge >= 0.3 is 12.1 Å². The number of nitrogens with two attached hydrogens (primary N) is 1. The van der Waals surface area contributed by atoms with Crippen LogP contribution in [-0.2, 0) is 20.9 Å². The summed E-state index contributed by atoms with van der Waals surface area (Å²) in [7, 11) is 3.89. The van der Waals surface area contributed by atoms with Crippen molar-refractivity contribution in [2.75, 3.05) is 40.3 Å². The number of benzene rings is 2. The lowest BCUT2D eigenvalue weighted by molar-refractivity contribution is -0.125. The minimum absolute atomic E-state index is 0.0792. The van der Waals surface area contributed by atoms with Crippen LogP contribution in [0.4, 0.5) is 9.59 Å². The zero-order valence-electron chi connectivity index (χ0n) is 28.3. The standard InChI is InChI=1S/C32H43N7O4.C3H6O/c1-32(2)27(33)25(19-39(32)30(41)35-26(20-37(3)4)23-14-9-6-10-15-23)28(34)36-29(40)24-16-11-17-38(18-24)31(42)43-21-22-12-7-5-8-13-22;1-3(2)4/h5-10,12-15,24,26H,11,16-21,33H2,1-4H3,(H,35,41)(H2,34,36,40);1-2H3/t24-,26-;/m1./s1. The fraction of sp³-hybridized carbons (Fsp3) is 0.457. The maximum atomic E-state index is 13.6. The van der Waals surface area contributed by atoms with Gasteiger partial charge in [0.2, 0.25) is 5.91 Å². The number of urea groups is 1. The predicted molar refractivity (Wildman–Crippen MR) is 181 cm³/mol. The van der Waals surface area contributed by atoms with Crippen LogP contribution in [0.25, 0.3) is 0 Å². The van der Waals surface area contributed by atoms with Crippen molar-refractivity contribution in [1.82, 2.24) is 25.3 Å². The van der Waals surface area contributed by atoms with Crippen LogP contribution >= 0.6 is 0 Å². The second-order valence-electron chi connectivity index (χ2n) is 12.8. The molecule has 0 saturated carbocycles. The van der Waals surface area contributed by atoms with Crippen molar-refractivity contribution in [2.24, 2.45) is 11.7 Å². The Bertz CT molecular complexity index is 1440. The molecule has 12 nitrogen and oxygen atoms in total. The molecule has 1 fully saturated rings. The van der Waals surface area contributed by atoms with Gasteiger partial charge in [0.15, 0.2) is 0 Å². The van der Waals surface area contributed by atoms with E-state index in [-0.39, 0.29) is 49.3 Å². The number of nitrogens with one attached hydrogen (secondary N) is 3. The first kappa shape index (κ1) is 36.8. The normalized spacial score (nSPS) is 17.7. The molecule has 47 heavy (non-hydrogen) atoms. The van der Waals surface area contributed by atoms with Crippen LogP contribution in [0, 0.1) is 11.3 Å². The van der Waals surface area contributed by atoms with Crippen molar-refractivity contribution >= 4 is 29.7 Å². The average molecular weight is 648 g/mol. The molecular weight excluding hydrogens is 598 g/mol. The molecule has 0 radical (unpaired) electrons. The fourth-order valence-corrected chi connectivity index (χ4v) is 5.48. The number of ketones is 1. The number of amides is 4. The van der Waals surface area contributed by atoms with Crippen LogP contribution < -0.4 is 16.4 Å². The summed E-state index contributed by atoms with van der Waals surface area (Å²) in [6.07, 6.45) is 0.765. The first-order valence-corrected chi connectivity index (χ1v) is 15.8. The van der Waals surface area contributed by atoms with Crippen molar-refractivity contribution in [3.63, 3.8) is 0 Å². The number of carbonyl (C=O) groups is 4.